The Kier molecular flexibility index (Phi) is 5.18. The van der Waals surface area contributed by atoms with Crippen molar-refractivity contribution in [2.24, 2.45) is 4.99 Å². The monoisotopic (exact) mass is 434 g/mol. The third kappa shape index (κ3) is 3.80. The Morgan fingerprint density at radius 1 is 1.03 bits per heavy atom. The van der Waals surface area contributed by atoms with E-state index in [0.717, 1.165) is 21.8 Å². The average molecular weight is 434 g/mol. The number of halogens is 1. The topological polar surface area (TPSA) is 45.0 Å². The van der Waals surface area contributed by atoms with Crippen molar-refractivity contribution < 1.29 is 18.6 Å². The van der Waals surface area contributed by atoms with E-state index in [1.165, 1.54) is 17.4 Å². The van der Waals surface area contributed by atoms with Crippen molar-refractivity contribution in [1.29, 1.82) is 0 Å². The fourth-order valence-corrected chi connectivity index (χ4v) is 4.42. The molecule has 0 atom stereocenters. The molecule has 0 radical (unpaired) electrons. The molecule has 4 aromatic rings. The molecule has 0 saturated carbocycles. The highest BCUT2D eigenvalue weighted by molar-refractivity contribution is 7.07. The Hall–Kier alpha value is -3.58. The highest BCUT2D eigenvalue weighted by Gasteiger charge is 2.16. The molecule has 0 N–H and O–H groups in total. The Labute approximate surface area is 182 Å². The molecule has 2 heterocycles. The maximum atomic E-state index is 14.6. The first kappa shape index (κ1) is 19.4. The fraction of sp³-hybridized carbons (Fsp3) is 0.125. The SMILES string of the molecule is COc1ccccc1N=c1scc(-c2ccccc2F)n1Cc1ccc2c(c1)OCO2. The molecule has 0 spiro atoms. The number of nitrogens with zero attached hydrogens (tertiary/aromatic N) is 2. The number of thiazole rings is 1. The molecule has 5 nitrogen and oxygen atoms in total. The van der Waals surface area contributed by atoms with Crippen LogP contribution in [0, 0.1) is 5.82 Å². The van der Waals surface area contributed by atoms with Crippen LogP contribution in [-0.2, 0) is 6.54 Å². The lowest BCUT2D eigenvalue weighted by atomic mass is 10.1. The largest absolute Gasteiger partial charge is 0.494 e. The second-order valence-corrected chi connectivity index (χ2v) is 7.78. The highest BCUT2D eigenvalue weighted by Crippen LogP contribution is 2.33. The van der Waals surface area contributed by atoms with E-state index >= 15 is 0 Å². The minimum atomic E-state index is -0.274. The first-order valence-corrected chi connectivity index (χ1v) is 10.6. The standard InChI is InChI=1S/C24H19FN2O3S/c1-28-21-9-5-4-8-19(21)26-24-27(13-16-10-11-22-23(12-16)30-15-29-22)20(14-31-24)17-6-2-3-7-18(17)25/h2-12,14H,13,15H2,1H3. The number of aromatic nitrogens is 1. The van der Waals surface area contributed by atoms with Crippen LogP contribution < -0.4 is 19.0 Å². The molecule has 0 fully saturated rings. The molecule has 0 aliphatic carbocycles. The predicted molar refractivity (Wildman–Crippen MR) is 118 cm³/mol. The van der Waals surface area contributed by atoms with Gasteiger partial charge in [-0.3, -0.25) is 0 Å². The Morgan fingerprint density at radius 3 is 2.71 bits per heavy atom. The highest BCUT2D eigenvalue weighted by atomic mass is 32.1. The van der Waals surface area contributed by atoms with Gasteiger partial charge in [0, 0.05) is 10.9 Å². The lowest BCUT2D eigenvalue weighted by Crippen LogP contribution is -2.17. The zero-order valence-electron chi connectivity index (χ0n) is 16.7. The second-order valence-electron chi connectivity index (χ2n) is 6.94. The van der Waals surface area contributed by atoms with Gasteiger partial charge in [-0.15, -0.1) is 11.3 Å². The molecule has 156 valence electrons. The van der Waals surface area contributed by atoms with Crippen molar-refractivity contribution in [3.63, 3.8) is 0 Å². The summed E-state index contributed by atoms with van der Waals surface area (Å²) in [5, 5.41) is 1.93. The summed E-state index contributed by atoms with van der Waals surface area (Å²) in [5.41, 5.74) is 3.00. The number of methoxy groups -OCH3 is 1. The van der Waals surface area contributed by atoms with Gasteiger partial charge in [0.05, 0.1) is 19.3 Å². The average Bonchev–Trinajstić information content (AvgIpc) is 3.41. The van der Waals surface area contributed by atoms with Crippen molar-refractivity contribution in [3.8, 4) is 28.5 Å². The molecular formula is C24H19FN2O3S. The third-order valence-electron chi connectivity index (χ3n) is 5.03. The third-order valence-corrected chi connectivity index (χ3v) is 5.89. The molecule has 1 aromatic heterocycles. The first-order valence-electron chi connectivity index (χ1n) is 9.72. The van der Waals surface area contributed by atoms with E-state index in [4.69, 9.17) is 19.2 Å². The first-order chi connectivity index (χ1) is 15.2. The summed E-state index contributed by atoms with van der Waals surface area (Å²) >= 11 is 1.46. The minimum Gasteiger partial charge on any atom is -0.494 e. The van der Waals surface area contributed by atoms with Gasteiger partial charge < -0.3 is 18.8 Å². The van der Waals surface area contributed by atoms with Gasteiger partial charge in [0.25, 0.3) is 0 Å². The molecule has 1 aliphatic heterocycles. The zero-order valence-corrected chi connectivity index (χ0v) is 17.6. The van der Waals surface area contributed by atoms with Crippen molar-refractivity contribution in [2.45, 2.75) is 6.54 Å². The molecule has 0 saturated heterocycles. The van der Waals surface area contributed by atoms with E-state index in [-0.39, 0.29) is 12.6 Å². The van der Waals surface area contributed by atoms with Crippen LogP contribution >= 0.6 is 11.3 Å². The summed E-state index contributed by atoms with van der Waals surface area (Å²) < 4.78 is 33.0. The van der Waals surface area contributed by atoms with E-state index in [1.54, 1.807) is 19.2 Å². The number of fused-ring (bicyclic) bond motifs is 1. The van der Waals surface area contributed by atoms with Gasteiger partial charge in [-0.1, -0.05) is 30.3 Å². The normalized spacial score (nSPS) is 12.9. The Balaban J connectivity index is 1.65. The summed E-state index contributed by atoms with van der Waals surface area (Å²) in [5.74, 6) is 1.85. The summed E-state index contributed by atoms with van der Waals surface area (Å²) in [4.78, 5) is 5.57. The number of hydrogen-bond acceptors (Lipinski definition) is 5. The molecule has 0 amide bonds. The van der Waals surface area contributed by atoms with Gasteiger partial charge in [0.2, 0.25) is 6.79 Å². The lowest BCUT2D eigenvalue weighted by molar-refractivity contribution is 0.174. The van der Waals surface area contributed by atoms with Crippen LogP contribution in [0.25, 0.3) is 11.3 Å². The van der Waals surface area contributed by atoms with Crippen LogP contribution in [0.5, 0.6) is 17.2 Å². The van der Waals surface area contributed by atoms with Crippen LogP contribution in [0.3, 0.4) is 0 Å². The molecule has 7 heteroatoms. The summed E-state index contributed by atoms with van der Waals surface area (Å²) in [6.07, 6.45) is 0. The van der Waals surface area contributed by atoms with Crippen molar-refractivity contribution in [1.82, 2.24) is 4.57 Å². The summed E-state index contributed by atoms with van der Waals surface area (Å²) in [6.45, 7) is 0.719. The van der Waals surface area contributed by atoms with Gasteiger partial charge in [-0.05, 0) is 42.0 Å². The molecule has 31 heavy (non-hydrogen) atoms. The maximum Gasteiger partial charge on any atom is 0.231 e. The van der Waals surface area contributed by atoms with Crippen molar-refractivity contribution in [3.05, 3.63) is 88.3 Å². The number of benzene rings is 3. The van der Waals surface area contributed by atoms with Crippen LogP contribution in [-0.4, -0.2) is 18.5 Å². The molecule has 1 aliphatic rings. The van der Waals surface area contributed by atoms with E-state index in [1.807, 2.05) is 58.5 Å². The van der Waals surface area contributed by atoms with Gasteiger partial charge >= 0.3 is 0 Å². The predicted octanol–water partition coefficient (Wildman–Crippen LogP) is 5.37. The summed E-state index contributed by atoms with van der Waals surface area (Å²) in [7, 11) is 1.62. The second kappa shape index (κ2) is 8.28. The van der Waals surface area contributed by atoms with Crippen LogP contribution in [0.2, 0.25) is 0 Å². The van der Waals surface area contributed by atoms with E-state index in [0.29, 0.717) is 29.3 Å². The fourth-order valence-electron chi connectivity index (χ4n) is 3.50. The molecule has 0 bridgehead atoms. The smallest absolute Gasteiger partial charge is 0.231 e. The van der Waals surface area contributed by atoms with E-state index < -0.39 is 0 Å². The van der Waals surface area contributed by atoms with Crippen LogP contribution in [0.4, 0.5) is 10.1 Å². The van der Waals surface area contributed by atoms with Gasteiger partial charge in [-0.2, -0.15) is 0 Å². The Bertz CT molecular complexity index is 1310. The molecule has 0 unspecified atom stereocenters. The van der Waals surface area contributed by atoms with Crippen molar-refractivity contribution >= 4 is 17.0 Å². The number of para-hydroxylation sites is 2. The molecule has 3 aromatic carbocycles. The van der Waals surface area contributed by atoms with E-state index in [9.17, 15) is 4.39 Å². The van der Waals surface area contributed by atoms with Gasteiger partial charge in [0.1, 0.15) is 17.3 Å². The van der Waals surface area contributed by atoms with E-state index in [2.05, 4.69) is 0 Å². The molecular weight excluding hydrogens is 415 g/mol. The summed E-state index contributed by atoms with van der Waals surface area (Å²) in [6, 6.07) is 20.2. The van der Waals surface area contributed by atoms with Crippen LogP contribution in [0.1, 0.15) is 5.56 Å². The quantitative estimate of drug-likeness (QED) is 0.424. The molecule has 5 rings (SSSR count). The van der Waals surface area contributed by atoms with Crippen molar-refractivity contribution in [2.75, 3.05) is 13.9 Å². The maximum absolute atomic E-state index is 14.6. The lowest BCUT2D eigenvalue weighted by Gasteiger charge is -2.11. The zero-order chi connectivity index (χ0) is 21.2. The Morgan fingerprint density at radius 2 is 1.84 bits per heavy atom. The van der Waals surface area contributed by atoms with Crippen LogP contribution in [0.15, 0.2) is 77.1 Å². The number of rotatable bonds is 5. The van der Waals surface area contributed by atoms with Gasteiger partial charge in [0.15, 0.2) is 16.3 Å². The number of ether oxygens (including phenoxy) is 3. The van der Waals surface area contributed by atoms with Gasteiger partial charge in [-0.25, -0.2) is 9.38 Å². The minimum absolute atomic E-state index is 0.221. The number of hydrogen-bond donors (Lipinski definition) is 0.